The van der Waals surface area contributed by atoms with Crippen molar-refractivity contribution in [2.24, 2.45) is 0 Å². The summed E-state index contributed by atoms with van der Waals surface area (Å²) in [6.45, 7) is 5.70. The quantitative estimate of drug-likeness (QED) is 0.773. The normalized spacial score (nSPS) is 10.4. The molecule has 0 aliphatic heterocycles. The highest BCUT2D eigenvalue weighted by Crippen LogP contribution is 2.16. The van der Waals surface area contributed by atoms with Gasteiger partial charge in [-0.15, -0.1) is 0 Å². The third-order valence-corrected chi connectivity index (χ3v) is 2.86. The molecule has 92 valence electrons. The number of ketones is 1. The van der Waals surface area contributed by atoms with Crippen LogP contribution in [-0.2, 0) is 6.42 Å². The second-order valence-electron chi connectivity index (χ2n) is 4.22. The minimum Gasteiger partial charge on any atom is -0.288 e. The van der Waals surface area contributed by atoms with Crippen LogP contribution in [0.15, 0.2) is 24.5 Å². The summed E-state index contributed by atoms with van der Waals surface area (Å²) in [5.41, 5.74) is 3.65. The summed E-state index contributed by atoms with van der Waals surface area (Å²) in [5, 5.41) is 8.07. The van der Waals surface area contributed by atoms with E-state index < -0.39 is 0 Å². The molecule has 0 radical (unpaired) electrons. The Morgan fingerprint density at radius 3 is 2.67 bits per heavy atom. The van der Waals surface area contributed by atoms with Gasteiger partial charge in [0.1, 0.15) is 0 Å². The van der Waals surface area contributed by atoms with Crippen LogP contribution in [0, 0.1) is 13.8 Å². The Hall–Kier alpha value is -2.10. The Kier molecular flexibility index (Phi) is 3.46. The lowest BCUT2D eigenvalue weighted by Gasteiger charge is -2.07. The van der Waals surface area contributed by atoms with E-state index in [1.165, 1.54) is 0 Å². The molecule has 2 rings (SSSR count). The van der Waals surface area contributed by atoms with Gasteiger partial charge in [-0.25, -0.2) is 0 Å². The lowest BCUT2D eigenvalue weighted by atomic mass is 9.99. The van der Waals surface area contributed by atoms with Gasteiger partial charge in [-0.1, -0.05) is 6.92 Å². The van der Waals surface area contributed by atoms with E-state index in [4.69, 9.17) is 0 Å². The molecule has 0 N–H and O–H groups in total. The molecule has 0 saturated heterocycles. The number of rotatable bonds is 3. The molecule has 0 aliphatic carbocycles. The van der Waals surface area contributed by atoms with Gasteiger partial charge in [-0.05, 0) is 38.0 Å². The van der Waals surface area contributed by atoms with Crippen molar-refractivity contribution in [2.45, 2.75) is 27.2 Å². The van der Waals surface area contributed by atoms with Gasteiger partial charge in [0.05, 0.1) is 11.4 Å². The van der Waals surface area contributed by atoms with E-state index >= 15 is 0 Å². The van der Waals surface area contributed by atoms with Crippen molar-refractivity contribution in [2.75, 3.05) is 0 Å². The molecule has 0 bridgehead atoms. The first-order valence-corrected chi connectivity index (χ1v) is 5.92. The number of carbonyl (C=O) groups excluding carboxylic acids is 1. The zero-order valence-corrected chi connectivity index (χ0v) is 10.8. The van der Waals surface area contributed by atoms with Crippen molar-refractivity contribution < 1.29 is 4.79 Å². The van der Waals surface area contributed by atoms with E-state index in [0.29, 0.717) is 17.5 Å². The Labute approximate surface area is 106 Å². The van der Waals surface area contributed by atoms with Crippen LogP contribution in [0.3, 0.4) is 0 Å². The van der Waals surface area contributed by atoms with Crippen molar-refractivity contribution in [3.8, 4) is 0 Å². The molecular weight excluding hydrogens is 226 g/mol. The first kappa shape index (κ1) is 12.4. The van der Waals surface area contributed by atoms with Gasteiger partial charge < -0.3 is 0 Å². The summed E-state index contributed by atoms with van der Waals surface area (Å²) in [7, 11) is 0. The summed E-state index contributed by atoms with van der Waals surface area (Å²) in [6, 6.07) is 3.63. The van der Waals surface area contributed by atoms with Crippen molar-refractivity contribution in [3.63, 3.8) is 0 Å². The summed E-state index contributed by atoms with van der Waals surface area (Å²) in [4.78, 5) is 16.5. The standard InChI is InChI=1S/C14H15N3O/c1-4-13-11(7-10(3)16-17-13)14(18)12-8-15-6-5-9(12)2/h5-8H,4H2,1-3H3. The molecule has 4 heteroatoms. The van der Waals surface area contributed by atoms with Gasteiger partial charge in [-0.2, -0.15) is 10.2 Å². The van der Waals surface area contributed by atoms with E-state index in [2.05, 4.69) is 15.2 Å². The number of nitrogens with zero attached hydrogens (tertiary/aromatic N) is 3. The molecule has 2 aromatic heterocycles. The second-order valence-corrected chi connectivity index (χ2v) is 4.22. The van der Waals surface area contributed by atoms with E-state index in [9.17, 15) is 4.79 Å². The maximum atomic E-state index is 12.5. The molecule has 0 aromatic carbocycles. The smallest absolute Gasteiger partial charge is 0.196 e. The molecule has 4 nitrogen and oxygen atoms in total. The van der Waals surface area contributed by atoms with E-state index in [0.717, 1.165) is 17.0 Å². The van der Waals surface area contributed by atoms with E-state index in [-0.39, 0.29) is 5.78 Å². The Bertz CT molecular complexity index is 593. The lowest BCUT2D eigenvalue weighted by molar-refractivity contribution is 0.103. The number of aryl methyl sites for hydroxylation is 3. The molecule has 0 saturated carbocycles. The monoisotopic (exact) mass is 241 g/mol. The molecule has 0 spiro atoms. The molecule has 0 amide bonds. The zero-order chi connectivity index (χ0) is 13.1. The van der Waals surface area contributed by atoms with Crippen LogP contribution in [0.4, 0.5) is 0 Å². The number of carbonyl (C=O) groups is 1. The third kappa shape index (κ3) is 2.27. The van der Waals surface area contributed by atoms with Gasteiger partial charge >= 0.3 is 0 Å². The number of hydrogen-bond donors (Lipinski definition) is 0. The number of aromatic nitrogens is 3. The predicted octanol–water partition coefficient (Wildman–Crippen LogP) is 2.28. The average molecular weight is 241 g/mol. The number of hydrogen-bond acceptors (Lipinski definition) is 4. The maximum absolute atomic E-state index is 12.5. The first-order valence-electron chi connectivity index (χ1n) is 5.92. The molecule has 0 atom stereocenters. The van der Waals surface area contributed by atoms with Crippen LogP contribution in [0.2, 0.25) is 0 Å². The molecule has 2 heterocycles. The summed E-state index contributed by atoms with van der Waals surface area (Å²) in [5.74, 6) is -0.0320. The highest BCUT2D eigenvalue weighted by atomic mass is 16.1. The Morgan fingerprint density at radius 2 is 2.00 bits per heavy atom. The zero-order valence-electron chi connectivity index (χ0n) is 10.8. The molecule has 0 fully saturated rings. The Balaban J connectivity index is 2.52. The maximum Gasteiger partial charge on any atom is 0.196 e. The topological polar surface area (TPSA) is 55.7 Å². The summed E-state index contributed by atoms with van der Waals surface area (Å²) >= 11 is 0. The van der Waals surface area contributed by atoms with Crippen molar-refractivity contribution in [1.82, 2.24) is 15.2 Å². The fourth-order valence-corrected chi connectivity index (χ4v) is 1.82. The Morgan fingerprint density at radius 1 is 1.22 bits per heavy atom. The van der Waals surface area contributed by atoms with Crippen LogP contribution >= 0.6 is 0 Å². The second kappa shape index (κ2) is 5.04. The lowest BCUT2D eigenvalue weighted by Crippen LogP contribution is -2.10. The van der Waals surface area contributed by atoms with Crippen LogP contribution in [0.1, 0.15) is 39.8 Å². The van der Waals surface area contributed by atoms with Crippen molar-refractivity contribution >= 4 is 5.78 Å². The van der Waals surface area contributed by atoms with Gasteiger partial charge in [0.25, 0.3) is 0 Å². The van der Waals surface area contributed by atoms with Gasteiger partial charge in [0.15, 0.2) is 5.78 Å². The van der Waals surface area contributed by atoms with Gasteiger partial charge in [0, 0.05) is 23.5 Å². The highest BCUT2D eigenvalue weighted by molar-refractivity contribution is 6.10. The van der Waals surface area contributed by atoms with Crippen LogP contribution in [-0.4, -0.2) is 21.0 Å². The predicted molar refractivity (Wildman–Crippen MR) is 68.6 cm³/mol. The van der Waals surface area contributed by atoms with E-state index in [1.54, 1.807) is 18.5 Å². The highest BCUT2D eigenvalue weighted by Gasteiger charge is 2.16. The minimum atomic E-state index is -0.0320. The summed E-state index contributed by atoms with van der Waals surface area (Å²) < 4.78 is 0. The van der Waals surface area contributed by atoms with Gasteiger partial charge in [-0.3, -0.25) is 9.78 Å². The molecule has 0 aliphatic rings. The van der Waals surface area contributed by atoms with Crippen LogP contribution in [0.5, 0.6) is 0 Å². The van der Waals surface area contributed by atoms with Crippen molar-refractivity contribution in [1.29, 1.82) is 0 Å². The fourth-order valence-electron chi connectivity index (χ4n) is 1.82. The molecule has 0 unspecified atom stereocenters. The largest absolute Gasteiger partial charge is 0.288 e. The van der Waals surface area contributed by atoms with Crippen LogP contribution < -0.4 is 0 Å². The summed E-state index contributed by atoms with van der Waals surface area (Å²) in [6.07, 6.45) is 3.98. The SMILES string of the molecule is CCc1nnc(C)cc1C(=O)c1cnccc1C. The molecule has 2 aromatic rings. The fraction of sp³-hybridized carbons (Fsp3) is 0.286. The number of pyridine rings is 1. The third-order valence-electron chi connectivity index (χ3n) is 2.86. The van der Waals surface area contributed by atoms with E-state index in [1.807, 2.05) is 26.8 Å². The van der Waals surface area contributed by atoms with Crippen molar-refractivity contribution in [3.05, 3.63) is 52.6 Å². The van der Waals surface area contributed by atoms with Crippen LogP contribution in [0.25, 0.3) is 0 Å². The first-order chi connectivity index (χ1) is 8.63. The average Bonchev–Trinajstić information content (AvgIpc) is 2.38. The molecular formula is C14H15N3O. The molecule has 18 heavy (non-hydrogen) atoms. The van der Waals surface area contributed by atoms with Gasteiger partial charge in [0.2, 0.25) is 0 Å². The minimum absolute atomic E-state index is 0.0320.